The molecule has 2 aliphatic heterocycles. The molecule has 0 saturated carbocycles. The van der Waals surface area contributed by atoms with Crippen LogP contribution in [0.5, 0.6) is 0 Å². The van der Waals surface area contributed by atoms with E-state index in [4.69, 9.17) is 4.74 Å². The summed E-state index contributed by atoms with van der Waals surface area (Å²) in [5, 5.41) is 11.6. The Kier molecular flexibility index (Phi) is 8.51. The number of thiazole rings is 1. The lowest BCUT2D eigenvalue weighted by Crippen LogP contribution is -2.35. The Morgan fingerprint density at radius 1 is 1.23 bits per heavy atom. The minimum Gasteiger partial charge on any atom is -0.481 e. The molecule has 0 bridgehead atoms. The van der Waals surface area contributed by atoms with E-state index in [-0.39, 0.29) is 24.2 Å². The van der Waals surface area contributed by atoms with Crippen molar-refractivity contribution in [1.29, 1.82) is 0 Å². The van der Waals surface area contributed by atoms with Crippen molar-refractivity contribution in [2.24, 2.45) is 11.8 Å². The highest BCUT2D eigenvalue weighted by Gasteiger charge is 2.30. The summed E-state index contributed by atoms with van der Waals surface area (Å²) in [5.41, 5.74) is 2.48. The van der Waals surface area contributed by atoms with Gasteiger partial charge in [-0.25, -0.2) is 14.4 Å². The Bertz CT molecular complexity index is 1390. The average Bonchev–Trinajstić information content (AvgIpc) is 3.62. The highest BCUT2D eigenvalue weighted by atomic mass is 32.1. The minimum atomic E-state index is -1.02. The van der Waals surface area contributed by atoms with Crippen LogP contribution in [0.4, 0.5) is 15.3 Å². The maximum absolute atomic E-state index is 14.4. The molecule has 0 radical (unpaired) electrons. The van der Waals surface area contributed by atoms with Crippen molar-refractivity contribution in [3.8, 4) is 22.4 Å². The number of benzene rings is 1. The quantitative estimate of drug-likeness (QED) is 0.388. The van der Waals surface area contributed by atoms with E-state index in [2.05, 4.69) is 9.97 Å². The van der Waals surface area contributed by atoms with Gasteiger partial charge in [0.15, 0.2) is 5.13 Å². The van der Waals surface area contributed by atoms with Crippen LogP contribution in [0, 0.1) is 17.7 Å². The molecule has 1 N–H and O–H groups in total. The fraction of sp³-hybridized carbons (Fsp3) is 0.414. The summed E-state index contributed by atoms with van der Waals surface area (Å²) >= 11 is 1.24. The Balaban J connectivity index is 1.38. The van der Waals surface area contributed by atoms with Crippen LogP contribution in [0.15, 0.2) is 41.9 Å². The van der Waals surface area contributed by atoms with Crippen LogP contribution in [0.1, 0.15) is 38.5 Å². The molecular formula is C29H31FN4O5S. The zero-order valence-corrected chi connectivity index (χ0v) is 23.0. The Hall–Kier alpha value is -3.70. The molecule has 0 spiro atoms. The molecule has 1 aromatic carbocycles. The summed E-state index contributed by atoms with van der Waals surface area (Å²) in [5.74, 6) is -1.54. The minimum absolute atomic E-state index is 0.0507. The van der Waals surface area contributed by atoms with Crippen LogP contribution in [0.2, 0.25) is 0 Å². The fourth-order valence-electron chi connectivity index (χ4n) is 5.35. The number of halogens is 1. The first kappa shape index (κ1) is 27.9. The van der Waals surface area contributed by atoms with Crippen molar-refractivity contribution in [3.05, 3.63) is 47.7 Å². The molecule has 2 aromatic heterocycles. The second-order valence-electron chi connectivity index (χ2n) is 10.2. The molecule has 4 heterocycles. The first-order chi connectivity index (χ1) is 19.3. The van der Waals surface area contributed by atoms with E-state index in [0.717, 1.165) is 24.8 Å². The van der Waals surface area contributed by atoms with Crippen molar-refractivity contribution in [2.45, 2.75) is 38.5 Å². The van der Waals surface area contributed by atoms with E-state index >= 15 is 0 Å². The SMILES string of the molecule is CN(C(=O)[C@@H](CC(=O)O)CC1CCOCC1)c1nc(-c2cc(F)ccc2-c2ccc(N3CCCC3=O)nc2)cs1. The molecule has 11 heteroatoms. The molecule has 210 valence electrons. The van der Waals surface area contributed by atoms with Gasteiger partial charge in [0, 0.05) is 61.8 Å². The molecule has 2 amide bonds. The number of pyridine rings is 1. The lowest BCUT2D eigenvalue weighted by atomic mass is 9.86. The number of carboxylic acids is 1. The number of amides is 2. The number of ether oxygens (including phenoxy) is 1. The van der Waals surface area contributed by atoms with E-state index in [0.29, 0.717) is 60.4 Å². The Morgan fingerprint density at radius 3 is 2.70 bits per heavy atom. The monoisotopic (exact) mass is 566 g/mol. The smallest absolute Gasteiger partial charge is 0.304 e. The summed E-state index contributed by atoms with van der Waals surface area (Å²) in [4.78, 5) is 49.2. The molecule has 9 nitrogen and oxygen atoms in total. The molecular weight excluding hydrogens is 535 g/mol. The molecule has 1 atom stereocenters. The summed E-state index contributed by atoms with van der Waals surface area (Å²) in [6, 6.07) is 8.05. The van der Waals surface area contributed by atoms with Gasteiger partial charge in [-0.1, -0.05) is 6.07 Å². The third kappa shape index (κ3) is 6.20. The van der Waals surface area contributed by atoms with Gasteiger partial charge in [0.2, 0.25) is 11.8 Å². The largest absolute Gasteiger partial charge is 0.481 e. The molecule has 0 unspecified atom stereocenters. The normalized spacial score (nSPS) is 16.8. The summed E-state index contributed by atoms with van der Waals surface area (Å²) in [6.07, 6.45) is 4.83. The molecule has 2 fully saturated rings. The zero-order chi connectivity index (χ0) is 28.2. The number of hydrogen-bond donors (Lipinski definition) is 1. The molecule has 5 rings (SSSR count). The molecule has 3 aromatic rings. The number of carbonyl (C=O) groups is 3. The van der Waals surface area contributed by atoms with E-state index in [1.165, 1.54) is 28.4 Å². The predicted octanol–water partition coefficient (Wildman–Crippen LogP) is 5.01. The Morgan fingerprint density at radius 2 is 2.02 bits per heavy atom. The highest BCUT2D eigenvalue weighted by molar-refractivity contribution is 7.14. The lowest BCUT2D eigenvalue weighted by molar-refractivity contribution is -0.141. The molecule has 40 heavy (non-hydrogen) atoms. The summed E-state index contributed by atoms with van der Waals surface area (Å²) in [7, 11) is 1.60. The van der Waals surface area contributed by atoms with Crippen molar-refractivity contribution < 1.29 is 28.6 Å². The van der Waals surface area contributed by atoms with Crippen molar-refractivity contribution >= 4 is 40.1 Å². The van der Waals surface area contributed by atoms with Crippen LogP contribution in [0.25, 0.3) is 22.4 Å². The molecule has 2 saturated heterocycles. The zero-order valence-electron chi connectivity index (χ0n) is 22.2. The first-order valence-corrected chi connectivity index (χ1v) is 14.3. The van der Waals surface area contributed by atoms with Crippen LogP contribution in [-0.2, 0) is 19.1 Å². The van der Waals surface area contributed by atoms with Crippen LogP contribution in [0.3, 0.4) is 0 Å². The number of rotatable bonds is 9. The van der Waals surface area contributed by atoms with Gasteiger partial charge in [0.1, 0.15) is 11.6 Å². The van der Waals surface area contributed by atoms with Gasteiger partial charge in [0.05, 0.1) is 12.1 Å². The second-order valence-corrected chi connectivity index (χ2v) is 11.1. The van der Waals surface area contributed by atoms with Crippen LogP contribution >= 0.6 is 11.3 Å². The topological polar surface area (TPSA) is 113 Å². The van der Waals surface area contributed by atoms with Crippen molar-refractivity contribution in [3.63, 3.8) is 0 Å². The van der Waals surface area contributed by atoms with Gasteiger partial charge in [-0.15, -0.1) is 11.3 Å². The summed E-state index contributed by atoms with van der Waals surface area (Å²) < 4.78 is 19.8. The number of nitrogens with zero attached hydrogens (tertiary/aromatic N) is 4. The number of anilines is 2. The third-order valence-electron chi connectivity index (χ3n) is 7.50. The maximum Gasteiger partial charge on any atom is 0.304 e. The number of aliphatic carboxylic acids is 1. The van der Waals surface area contributed by atoms with E-state index in [1.54, 1.807) is 35.7 Å². The van der Waals surface area contributed by atoms with Crippen molar-refractivity contribution in [2.75, 3.05) is 36.6 Å². The fourth-order valence-corrected chi connectivity index (χ4v) is 6.15. The van der Waals surface area contributed by atoms with Gasteiger partial charge in [-0.2, -0.15) is 0 Å². The van der Waals surface area contributed by atoms with E-state index < -0.39 is 17.7 Å². The number of hydrogen-bond acceptors (Lipinski definition) is 7. The Labute approximate surface area is 235 Å². The third-order valence-corrected chi connectivity index (χ3v) is 8.42. The van der Waals surface area contributed by atoms with Gasteiger partial charge in [-0.05, 0) is 61.4 Å². The number of carbonyl (C=O) groups excluding carboxylic acids is 2. The maximum atomic E-state index is 14.4. The standard InChI is InChI=1S/C29H31FN4O5S/c1-33(28(38)20(14-27(36)37)13-18-8-11-39-12-9-18)29-32-24(17-40-29)23-15-21(30)5-6-22(23)19-4-7-25(31-16-19)34-10-2-3-26(34)35/h4-7,15-18,20H,2-3,8-14H2,1H3,(H,36,37)/t20-/m1/s1. The van der Waals surface area contributed by atoms with Gasteiger partial charge in [0.25, 0.3) is 0 Å². The molecule has 0 aliphatic carbocycles. The average molecular weight is 567 g/mol. The van der Waals surface area contributed by atoms with E-state index in [1.807, 2.05) is 6.07 Å². The molecule has 2 aliphatic rings. The van der Waals surface area contributed by atoms with Crippen molar-refractivity contribution in [1.82, 2.24) is 9.97 Å². The highest BCUT2D eigenvalue weighted by Crippen LogP contribution is 2.36. The lowest BCUT2D eigenvalue weighted by Gasteiger charge is -2.27. The van der Waals surface area contributed by atoms with E-state index in [9.17, 15) is 23.9 Å². The number of aromatic nitrogens is 2. The summed E-state index contributed by atoms with van der Waals surface area (Å²) in [6.45, 7) is 1.88. The van der Waals surface area contributed by atoms with Crippen LogP contribution < -0.4 is 9.80 Å². The van der Waals surface area contributed by atoms with Crippen LogP contribution in [-0.4, -0.2) is 59.7 Å². The second kappa shape index (κ2) is 12.2. The first-order valence-electron chi connectivity index (χ1n) is 13.4. The predicted molar refractivity (Wildman–Crippen MR) is 150 cm³/mol. The van der Waals surface area contributed by atoms with Gasteiger partial charge < -0.3 is 9.84 Å². The number of carboxylic acid groups (broad SMARTS) is 1. The van der Waals surface area contributed by atoms with Gasteiger partial charge in [-0.3, -0.25) is 24.2 Å². The van der Waals surface area contributed by atoms with Gasteiger partial charge >= 0.3 is 5.97 Å².